The van der Waals surface area contributed by atoms with E-state index in [0.29, 0.717) is 32.7 Å². The van der Waals surface area contributed by atoms with Crippen LogP contribution in [0.1, 0.15) is 42.5 Å². The Hall–Kier alpha value is -1.98. The topological polar surface area (TPSA) is 68.4 Å². The van der Waals surface area contributed by atoms with Gasteiger partial charge in [-0.2, -0.15) is 0 Å². The molecule has 0 radical (unpaired) electrons. The third-order valence-electron chi connectivity index (χ3n) is 4.00. The molecule has 1 aliphatic rings. The fraction of sp³-hybridized carbons (Fsp3) is 0.647. The van der Waals surface area contributed by atoms with E-state index in [0.717, 1.165) is 17.0 Å². The number of H-pyrrole nitrogens is 1. The zero-order valence-corrected chi connectivity index (χ0v) is 14.8. The maximum atomic E-state index is 12.6. The number of aryl methyl sites for hydroxylation is 2. The number of amides is 3. The number of carbonyl (C=O) groups is 2. The zero-order valence-electron chi connectivity index (χ0n) is 14.8. The first-order chi connectivity index (χ1) is 10.7. The third-order valence-corrected chi connectivity index (χ3v) is 4.00. The summed E-state index contributed by atoms with van der Waals surface area (Å²) in [5.74, 6) is 0.0431. The summed E-state index contributed by atoms with van der Waals surface area (Å²) < 4.78 is 0. The van der Waals surface area contributed by atoms with Crippen LogP contribution < -0.4 is 5.32 Å². The number of nitrogens with one attached hydrogen (secondary N) is 2. The van der Waals surface area contributed by atoms with Gasteiger partial charge in [0.15, 0.2) is 0 Å². The standard InChI is InChI=1S/C17H28N4O2/c1-12-10-14(13(2)19-12)15(22)20-6-8-21(9-7-20)16(23)18-11-17(3,4)5/h10,19H,6-9,11H2,1-5H3,(H,18,23). The average Bonchev–Trinajstić information content (AvgIpc) is 2.82. The Morgan fingerprint density at radius 3 is 2.17 bits per heavy atom. The molecule has 2 N–H and O–H groups in total. The Balaban J connectivity index is 1.87. The molecule has 128 valence electrons. The summed E-state index contributed by atoms with van der Waals surface area (Å²) in [5.41, 5.74) is 2.69. The predicted octanol–water partition coefficient (Wildman–Crippen LogP) is 2.15. The SMILES string of the molecule is Cc1cc(C(=O)N2CCN(C(=O)NCC(C)(C)C)CC2)c(C)[nH]1. The van der Waals surface area contributed by atoms with Gasteiger partial charge in [0, 0.05) is 44.1 Å². The summed E-state index contributed by atoms with van der Waals surface area (Å²) in [6.45, 7) is 13.1. The minimum Gasteiger partial charge on any atom is -0.362 e. The number of aromatic nitrogens is 1. The monoisotopic (exact) mass is 320 g/mol. The minimum absolute atomic E-state index is 0.0410. The summed E-state index contributed by atoms with van der Waals surface area (Å²) in [4.78, 5) is 31.5. The van der Waals surface area contributed by atoms with Crippen LogP contribution in [0.3, 0.4) is 0 Å². The smallest absolute Gasteiger partial charge is 0.317 e. The highest BCUT2D eigenvalue weighted by molar-refractivity contribution is 5.95. The molecule has 0 atom stereocenters. The molecule has 0 aromatic carbocycles. The molecule has 1 aromatic rings. The van der Waals surface area contributed by atoms with E-state index in [1.54, 1.807) is 4.90 Å². The molecule has 0 spiro atoms. The van der Waals surface area contributed by atoms with E-state index in [9.17, 15) is 9.59 Å². The van der Waals surface area contributed by atoms with Crippen LogP contribution in [0.5, 0.6) is 0 Å². The van der Waals surface area contributed by atoms with E-state index >= 15 is 0 Å². The van der Waals surface area contributed by atoms with Crippen molar-refractivity contribution in [2.45, 2.75) is 34.6 Å². The summed E-state index contributed by atoms with van der Waals surface area (Å²) in [6.07, 6.45) is 0. The Kier molecular flexibility index (Phi) is 5.02. The lowest BCUT2D eigenvalue weighted by molar-refractivity contribution is 0.0663. The lowest BCUT2D eigenvalue weighted by Gasteiger charge is -2.35. The average molecular weight is 320 g/mol. The highest BCUT2D eigenvalue weighted by atomic mass is 16.2. The van der Waals surface area contributed by atoms with Crippen LogP contribution >= 0.6 is 0 Å². The third kappa shape index (κ3) is 4.50. The highest BCUT2D eigenvalue weighted by Gasteiger charge is 2.26. The van der Waals surface area contributed by atoms with Crippen molar-refractivity contribution in [3.63, 3.8) is 0 Å². The molecule has 6 heteroatoms. The van der Waals surface area contributed by atoms with Crippen LogP contribution in [0.4, 0.5) is 4.79 Å². The molecule has 2 heterocycles. The Morgan fingerprint density at radius 1 is 1.13 bits per heavy atom. The van der Waals surface area contributed by atoms with Gasteiger partial charge in [-0.05, 0) is 25.3 Å². The molecule has 0 unspecified atom stereocenters. The van der Waals surface area contributed by atoms with Crippen molar-refractivity contribution < 1.29 is 9.59 Å². The summed E-state index contributed by atoms with van der Waals surface area (Å²) in [5, 5.41) is 2.96. The van der Waals surface area contributed by atoms with Gasteiger partial charge in [0.1, 0.15) is 0 Å². The second-order valence-corrected chi connectivity index (χ2v) is 7.49. The van der Waals surface area contributed by atoms with Crippen molar-refractivity contribution in [2.24, 2.45) is 5.41 Å². The lowest BCUT2D eigenvalue weighted by atomic mass is 9.97. The van der Waals surface area contributed by atoms with Crippen molar-refractivity contribution in [3.8, 4) is 0 Å². The van der Waals surface area contributed by atoms with Gasteiger partial charge in [-0.25, -0.2) is 4.79 Å². The van der Waals surface area contributed by atoms with Crippen LogP contribution in [0.15, 0.2) is 6.07 Å². The van der Waals surface area contributed by atoms with E-state index in [4.69, 9.17) is 0 Å². The van der Waals surface area contributed by atoms with Gasteiger partial charge >= 0.3 is 6.03 Å². The van der Waals surface area contributed by atoms with Gasteiger partial charge in [0.2, 0.25) is 0 Å². The Morgan fingerprint density at radius 2 is 1.70 bits per heavy atom. The fourth-order valence-electron chi connectivity index (χ4n) is 2.68. The van der Waals surface area contributed by atoms with Crippen LogP contribution in [0.2, 0.25) is 0 Å². The number of urea groups is 1. The quantitative estimate of drug-likeness (QED) is 0.876. The molecular weight excluding hydrogens is 292 g/mol. The summed E-state index contributed by atoms with van der Waals surface area (Å²) >= 11 is 0. The molecule has 6 nitrogen and oxygen atoms in total. The molecule has 0 bridgehead atoms. The van der Waals surface area contributed by atoms with Gasteiger partial charge in [0.25, 0.3) is 5.91 Å². The Bertz CT molecular complexity index is 578. The van der Waals surface area contributed by atoms with Gasteiger partial charge in [-0.3, -0.25) is 4.79 Å². The van der Waals surface area contributed by atoms with E-state index in [2.05, 4.69) is 31.1 Å². The number of aromatic amines is 1. The number of nitrogens with zero attached hydrogens (tertiary/aromatic N) is 2. The van der Waals surface area contributed by atoms with Crippen molar-refractivity contribution >= 4 is 11.9 Å². The van der Waals surface area contributed by atoms with E-state index in [1.807, 2.05) is 24.8 Å². The number of hydrogen-bond donors (Lipinski definition) is 2. The normalized spacial score (nSPS) is 15.7. The van der Waals surface area contributed by atoms with E-state index in [1.165, 1.54) is 0 Å². The van der Waals surface area contributed by atoms with Crippen LogP contribution in [-0.2, 0) is 0 Å². The highest BCUT2D eigenvalue weighted by Crippen LogP contribution is 2.15. The van der Waals surface area contributed by atoms with Crippen molar-refractivity contribution in [3.05, 3.63) is 23.0 Å². The van der Waals surface area contributed by atoms with E-state index in [-0.39, 0.29) is 17.4 Å². The second-order valence-electron chi connectivity index (χ2n) is 7.49. The van der Waals surface area contributed by atoms with Crippen molar-refractivity contribution in [1.82, 2.24) is 20.1 Å². The maximum absolute atomic E-state index is 12.6. The van der Waals surface area contributed by atoms with Gasteiger partial charge in [-0.15, -0.1) is 0 Å². The van der Waals surface area contributed by atoms with Crippen LogP contribution in [0, 0.1) is 19.3 Å². The first-order valence-electron chi connectivity index (χ1n) is 8.15. The molecule has 2 rings (SSSR count). The predicted molar refractivity (Wildman–Crippen MR) is 90.6 cm³/mol. The molecule has 1 aromatic heterocycles. The molecule has 1 aliphatic heterocycles. The summed E-state index contributed by atoms with van der Waals surface area (Å²) in [6, 6.07) is 1.85. The van der Waals surface area contributed by atoms with Gasteiger partial charge in [0.05, 0.1) is 5.56 Å². The summed E-state index contributed by atoms with van der Waals surface area (Å²) in [7, 11) is 0. The fourth-order valence-corrected chi connectivity index (χ4v) is 2.68. The molecule has 0 saturated carbocycles. The van der Waals surface area contributed by atoms with Crippen molar-refractivity contribution in [1.29, 1.82) is 0 Å². The Labute approximate surface area is 138 Å². The van der Waals surface area contributed by atoms with Gasteiger partial charge < -0.3 is 20.1 Å². The first kappa shape index (κ1) is 17.4. The molecular formula is C17H28N4O2. The minimum atomic E-state index is -0.0410. The molecule has 0 aliphatic carbocycles. The molecule has 1 saturated heterocycles. The lowest BCUT2D eigenvalue weighted by Crippen LogP contribution is -2.53. The second kappa shape index (κ2) is 6.64. The maximum Gasteiger partial charge on any atom is 0.317 e. The first-order valence-corrected chi connectivity index (χ1v) is 8.15. The van der Waals surface area contributed by atoms with E-state index < -0.39 is 0 Å². The van der Waals surface area contributed by atoms with Gasteiger partial charge in [-0.1, -0.05) is 20.8 Å². The van der Waals surface area contributed by atoms with Crippen molar-refractivity contribution in [2.75, 3.05) is 32.7 Å². The zero-order chi connectivity index (χ0) is 17.2. The molecule has 1 fully saturated rings. The number of hydrogen-bond acceptors (Lipinski definition) is 2. The largest absolute Gasteiger partial charge is 0.362 e. The van der Waals surface area contributed by atoms with Crippen LogP contribution in [-0.4, -0.2) is 59.4 Å². The number of piperazine rings is 1. The number of carbonyl (C=O) groups excluding carboxylic acids is 2. The molecule has 23 heavy (non-hydrogen) atoms. The molecule has 3 amide bonds. The van der Waals surface area contributed by atoms with Crippen LogP contribution in [0.25, 0.3) is 0 Å². The number of rotatable bonds is 2.